The molecule has 140 valence electrons. The molecule has 1 N–H and O–H groups in total. The number of benzene rings is 1. The van der Waals surface area contributed by atoms with Gasteiger partial charge >= 0.3 is 5.97 Å². The van der Waals surface area contributed by atoms with Gasteiger partial charge in [-0.05, 0) is 49.3 Å². The molecular weight excluding hydrogens is 337 g/mol. The molecule has 1 amide bonds. The van der Waals surface area contributed by atoms with Gasteiger partial charge in [-0.1, -0.05) is 18.9 Å². The number of ketones is 1. The number of esters is 1. The second kappa shape index (κ2) is 7.56. The van der Waals surface area contributed by atoms with E-state index in [4.69, 9.17) is 4.74 Å². The third-order valence-electron chi connectivity index (χ3n) is 5.44. The van der Waals surface area contributed by atoms with E-state index in [0.717, 1.165) is 31.2 Å². The van der Waals surface area contributed by atoms with Crippen molar-refractivity contribution in [2.24, 2.45) is 5.92 Å². The van der Waals surface area contributed by atoms with Crippen molar-refractivity contribution < 1.29 is 23.5 Å². The molecule has 6 heteroatoms. The van der Waals surface area contributed by atoms with Crippen LogP contribution in [0.25, 0.3) is 0 Å². The van der Waals surface area contributed by atoms with Gasteiger partial charge in [-0.25, -0.2) is 4.39 Å². The topological polar surface area (TPSA) is 72.5 Å². The largest absolute Gasteiger partial charge is 0.458 e. The maximum Gasteiger partial charge on any atom is 0.313 e. The molecule has 1 saturated heterocycles. The van der Waals surface area contributed by atoms with Crippen LogP contribution in [0.4, 0.5) is 10.1 Å². The van der Waals surface area contributed by atoms with E-state index in [1.165, 1.54) is 19.1 Å². The first-order valence-corrected chi connectivity index (χ1v) is 9.17. The molecule has 0 radical (unpaired) electrons. The van der Waals surface area contributed by atoms with Crippen molar-refractivity contribution in [2.45, 2.75) is 63.9 Å². The second-order valence-corrected chi connectivity index (χ2v) is 7.41. The van der Waals surface area contributed by atoms with Crippen LogP contribution in [0, 0.1) is 11.7 Å². The third kappa shape index (κ3) is 4.11. The molecule has 1 aromatic carbocycles. The minimum absolute atomic E-state index is 0.0691. The number of nitrogens with one attached hydrogen (secondary N) is 1. The number of hydrogen-bond donors (Lipinski definition) is 1. The van der Waals surface area contributed by atoms with E-state index < -0.39 is 17.4 Å². The molecule has 1 aromatic rings. The first-order chi connectivity index (χ1) is 12.4. The molecule has 2 aliphatic rings. The van der Waals surface area contributed by atoms with Crippen LogP contribution in [-0.2, 0) is 25.5 Å². The van der Waals surface area contributed by atoms with E-state index in [9.17, 15) is 18.8 Å². The highest BCUT2D eigenvalue weighted by atomic mass is 19.1. The summed E-state index contributed by atoms with van der Waals surface area (Å²) in [6.45, 7) is 1.33. The molecule has 0 bridgehead atoms. The lowest BCUT2D eigenvalue weighted by molar-refractivity contribution is -0.178. The zero-order valence-electron chi connectivity index (χ0n) is 15.0. The lowest BCUT2D eigenvalue weighted by Gasteiger charge is -2.41. The van der Waals surface area contributed by atoms with Crippen molar-refractivity contribution in [3.8, 4) is 0 Å². The quantitative estimate of drug-likeness (QED) is 0.643. The fourth-order valence-corrected chi connectivity index (χ4v) is 4.24. The van der Waals surface area contributed by atoms with Crippen LogP contribution in [0.15, 0.2) is 18.2 Å². The predicted molar refractivity (Wildman–Crippen MR) is 94.0 cm³/mol. The van der Waals surface area contributed by atoms with E-state index >= 15 is 0 Å². The Balaban J connectivity index is 1.75. The highest BCUT2D eigenvalue weighted by Gasteiger charge is 2.47. The number of carbonyl (C=O) groups excluding carboxylic acids is 3. The van der Waals surface area contributed by atoms with Crippen molar-refractivity contribution in [3.63, 3.8) is 0 Å². The van der Waals surface area contributed by atoms with Gasteiger partial charge in [-0.15, -0.1) is 0 Å². The number of Topliss-reactive ketones (excluding diaryl/α,β-unsaturated/α-hetero) is 1. The third-order valence-corrected chi connectivity index (χ3v) is 5.44. The predicted octanol–water partition coefficient (Wildman–Crippen LogP) is 3.55. The van der Waals surface area contributed by atoms with E-state index in [1.807, 2.05) is 0 Å². The van der Waals surface area contributed by atoms with Gasteiger partial charge in [0, 0.05) is 13.3 Å². The van der Waals surface area contributed by atoms with Gasteiger partial charge in [0.1, 0.15) is 23.6 Å². The number of rotatable bonds is 5. The molecule has 1 heterocycles. The van der Waals surface area contributed by atoms with E-state index in [0.29, 0.717) is 12.8 Å². The van der Waals surface area contributed by atoms with Crippen LogP contribution in [0.5, 0.6) is 0 Å². The maximum atomic E-state index is 14.1. The smallest absolute Gasteiger partial charge is 0.313 e. The summed E-state index contributed by atoms with van der Waals surface area (Å²) in [5.74, 6) is -1.14. The molecule has 1 unspecified atom stereocenters. The SMILES string of the molecule is CC(=O)Nc1ccc(CCC2(C3CCCC3)CC(=O)CC(=O)O2)cc1F. The monoisotopic (exact) mass is 361 g/mol. The zero-order chi connectivity index (χ0) is 18.7. The van der Waals surface area contributed by atoms with Gasteiger partial charge in [0.15, 0.2) is 0 Å². The number of carbonyl (C=O) groups is 3. The number of hydrogen-bond acceptors (Lipinski definition) is 4. The summed E-state index contributed by atoms with van der Waals surface area (Å²) < 4.78 is 19.9. The summed E-state index contributed by atoms with van der Waals surface area (Å²) in [7, 11) is 0. The molecule has 3 rings (SSSR count). The van der Waals surface area contributed by atoms with Crippen molar-refractivity contribution in [1.29, 1.82) is 0 Å². The van der Waals surface area contributed by atoms with Crippen LogP contribution in [0.1, 0.15) is 57.4 Å². The molecule has 2 fully saturated rings. The Morgan fingerprint density at radius 2 is 2.04 bits per heavy atom. The number of aryl methyl sites for hydroxylation is 1. The Kier molecular flexibility index (Phi) is 5.39. The summed E-state index contributed by atoms with van der Waals surface area (Å²) in [5.41, 5.74) is 0.143. The molecule has 1 aliphatic heterocycles. The lowest BCUT2D eigenvalue weighted by Crippen LogP contribution is -2.48. The van der Waals surface area contributed by atoms with Gasteiger partial charge in [0.05, 0.1) is 5.69 Å². The number of halogens is 1. The Labute approximate surface area is 152 Å². The molecule has 1 atom stereocenters. The van der Waals surface area contributed by atoms with Crippen molar-refractivity contribution in [3.05, 3.63) is 29.6 Å². The number of amides is 1. The average molecular weight is 361 g/mol. The van der Waals surface area contributed by atoms with E-state index in [1.54, 1.807) is 6.07 Å². The summed E-state index contributed by atoms with van der Waals surface area (Å²) in [6.07, 6.45) is 5.20. The molecule has 5 nitrogen and oxygen atoms in total. The summed E-state index contributed by atoms with van der Waals surface area (Å²) >= 11 is 0. The minimum atomic E-state index is -0.754. The Bertz CT molecular complexity index is 709. The fraction of sp³-hybridized carbons (Fsp3) is 0.550. The van der Waals surface area contributed by atoms with Gasteiger partial charge in [-0.2, -0.15) is 0 Å². The average Bonchev–Trinajstić information content (AvgIpc) is 3.09. The summed E-state index contributed by atoms with van der Waals surface area (Å²) in [5, 5.41) is 2.44. The van der Waals surface area contributed by atoms with Gasteiger partial charge < -0.3 is 10.1 Å². The molecule has 1 aliphatic carbocycles. The van der Waals surface area contributed by atoms with Crippen LogP contribution >= 0.6 is 0 Å². The molecule has 0 aromatic heterocycles. The minimum Gasteiger partial charge on any atom is -0.458 e. The summed E-state index contributed by atoms with van der Waals surface area (Å²) in [6, 6.07) is 4.68. The van der Waals surface area contributed by atoms with Gasteiger partial charge in [0.25, 0.3) is 0 Å². The zero-order valence-corrected chi connectivity index (χ0v) is 15.0. The number of anilines is 1. The normalized spacial score (nSPS) is 23.8. The van der Waals surface area contributed by atoms with E-state index in [2.05, 4.69) is 5.32 Å². The Hall–Kier alpha value is -2.24. The van der Waals surface area contributed by atoms with Crippen LogP contribution in [0.2, 0.25) is 0 Å². The maximum absolute atomic E-state index is 14.1. The molecular formula is C20H24FNO4. The highest BCUT2D eigenvalue weighted by molar-refractivity contribution is 5.98. The van der Waals surface area contributed by atoms with Crippen molar-refractivity contribution in [1.82, 2.24) is 0 Å². The highest BCUT2D eigenvalue weighted by Crippen LogP contribution is 2.43. The molecule has 1 saturated carbocycles. The number of cyclic esters (lactones) is 1. The number of ether oxygens (including phenoxy) is 1. The lowest BCUT2D eigenvalue weighted by atomic mass is 9.76. The Morgan fingerprint density at radius 3 is 2.65 bits per heavy atom. The van der Waals surface area contributed by atoms with E-state index in [-0.39, 0.29) is 36.1 Å². The molecule has 26 heavy (non-hydrogen) atoms. The standard InChI is InChI=1S/C20H24FNO4/c1-13(23)22-18-7-6-14(10-17(18)21)8-9-20(15-4-2-3-5-15)12-16(24)11-19(25)26-20/h6-7,10,15H,2-5,8-9,11-12H2,1H3,(H,22,23). The van der Waals surface area contributed by atoms with Crippen LogP contribution in [0.3, 0.4) is 0 Å². The van der Waals surface area contributed by atoms with Crippen molar-refractivity contribution in [2.75, 3.05) is 5.32 Å². The van der Waals surface area contributed by atoms with Crippen LogP contribution in [-0.4, -0.2) is 23.3 Å². The Morgan fingerprint density at radius 1 is 1.31 bits per heavy atom. The second-order valence-electron chi connectivity index (χ2n) is 7.41. The fourth-order valence-electron chi connectivity index (χ4n) is 4.24. The molecule has 0 spiro atoms. The first-order valence-electron chi connectivity index (χ1n) is 9.17. The van der Waals surface area contributed by atoms with Gasteiger partial charge in [0.2, 0.25) is 5.91 Å². The first kappa shape index (κ1) is 18.5. The van der Waals surface area contributed by atoms with Crippen LogP contribution < -0.4 is 5.32 Å². The summed E-state index contributed by atoms with van der Waals surface area (Å²) in [4.78, 5) is 35.0. The van der Waals surface area contributed by atoms with Gasteiger partial charge in [-0.3, -0.25) is 14.4 Å². The van der Waals surface area contributed by atoms with Crippen molar-refractivity contribution >= 4 is 23.3 Å².